The Morgan fingerprint density at radius 2 is 1.87 bits per heavy atom. The molecule has 8 heteroatoms. The Hall–Kier alpha value is -1.12. The van der Waals surface area contributed by atoms with Crippen molar-refractivity contribution in [2.24, 2.45) is 0 Å². The number of nitrogens with zero attached hydrogens (tertiary/aromatic N) is 3. The molecule has 0 saturated carbocycles. The van der Waals surface area contributed by atoms with Gasteiger partial charge in [0.2, 0.25) is 5.91 Å². The van der Waals surface area contributed by atoms with Crippen LogP contribution in [0, 0.1) is 5.82 Å². The minimum atomic E-state index is -0.275. The van der Waals surface area contributed by atoms with Crippen molar-refractivity contribution < 1.29 is 9.18 Å². The number of halogens is 1. The first-order valence-electron chi connectivity index (χ1n) is 7.11. The van der Waals surface area contributed by atoms with E-state index >= 15 is 0 Å². The van der Waals surface area contributed by atoms with E-state index in [1.807, 2.05) is 6.92 Å². The summed E-state index contributed by atoms with van der Waals surface area (Å²) in [6.07, 6.45) is 0. The van der Waals surface area contributed by atoms with E-state index in [1.165, 1.54) is 35.2 Å². The summed E-state index contributed by atoms with van der Waals surface area (Å²) in [7, 11) is 1.76. The van der Waals surface area contributed by atoms with E-state index < -0.39 is 0 Å². The molecule has 1 amide bonds. The number of hydrogen-bond acceptors (Lipinski definition) is 6. The fraction of sp³-hybridized carbons (Fsp3) is 0.400. The minimum Gasteiger partial charge on any atom is -0.338 e. The summed E-state index contributed by atoms with van der Waals surface area (Å²) < 4.78 is 14.7. The Morgan fingerprint density at radius 1 is 1.26 bits per heavy atom. The first kappa shape index (κ1) is 18.2. The van der Waals surface area contributed by atoms with Gasteiger partial charge in [0, 0.05) is 7.05 Å². The lowest BCUT2D eigenvalue weighted by atomic mass is 10.1. The van der Waals surface area contributed by atoms with Gasteiger partial charge >= 0.3 is 0 Å². The molecule has 1 atom stereocenters. The maximum atomic E-state index is 13.0. The quantitative estimate of drug-likeness (QED) is 0.686. The maximum Gasteiger partial charge on any atom is 0.233 e. The van der Waals surface area contributed by atoms with Gasteiger partial charge in [0.25, 0.3) is 0 Å². The van der Waals surface area contributed by atoms with Crippen LogP contribution in [0.1, 0.15) is 25.5 Å². The van der Waals surface area contributed by atoms with Crippen molar-refractivity contribution in [3.05, 3.63) is 35.6 Å². The van der Waals surface area contributed by atoms with E-state index in [1.54, 1.807) is 35.8 Å². The van der Waals surface area contributed by atoms with Crippen LogP contribution in [0.15, 0.2) is 32.9 Å². The molecule has 0 aliphatic carbocycles. The molecule has 1 heterocycles. The van der Waals surface area contributed by atoms with Crippen molar-refractivity contribution in [3.8, 4) is 0 Å². The summed E-state index contributed by atoms with van der Waals surface area (Å²) in [5.74, 6) is 0.998. The van der Waals surface area contributed by atoms with E-state index in [4.69, 9.17) is 0 Å². The normalized spacial score (nSPS) is 12.2. The Morgan fingerprint density at radius 3 is 2.48 bits per heavy atom. The molecule has 0 aliphatic heterocycles. The van der Waals surface area contributed by atoms with E-state index in [9.17, 15) is 9.18 Å². The summed E-state index contributed by atoms with van der Waals surface area (Å²) in [4.78, 5) is 14.0. The number of carbonyl (C=O) groups is 1. The fourth-order valence-electron chi connectivity index (χ4n) is 1.84. The maximum absolute atomic E-state index is 13.0. The van der Waals surface area contributed by atoms with Crippen LogP contribution >= 0.6 is 34.9 Å². The number of carbonyl (C=O) groups excluding carboxylic acids is 1. The zero-order chi connectivity index (χ0) is 16.8. The molecule has 1 unspecified atom stereocenters. The Bertz CT molecular complexity index is 648. The smallest absolute Gasteiger partial charge is 0.233 e. The summed E-state index contributed by atoms with van der Waals surface area (Å²) >= 11 is 4.55. The fourth-order valence-corrected chi connectivity index (χ4v) is 4.68. The van der Waals surface area contributed by atoms with Gasteiger partial charge in [0.05, 0.1) is 11.8 Å². The highest BCUT2D eigenvalue weighted by Crippen LogP contribution is 2.29. The molecule has 0 radical (unpaired) electrons. The van der Waals surface area contributed by atoms with Crippen molar-refractivity contribution in [3.63, 3.8) is 0 Å². The molecule has 0 N–H and O–H groups in total. The van der Waals surface area contributed by atoms with Crippen molar-refractivity contribution in [2.75, 3.05) is 18.6 Å². The van der Waals surface area contributed by atoms with Crippen molar-refractivity contribution in [2.45, 2.75) is 28.6 Å². The van der Waals surface area contributed by atoms with Gasteiger partial charge in [-0.3, -0.25) is 4.79 Å². The van der Waals surface area contributed by atoms with Gasteiger partial charge in [-0.1, -0.05) is 53.9 Å². The molecule has 23 heavy (non-hydrogen) atoms. The van der Waals surface area contributed by atoms with Crippen LogP contribution in [-0.2, 0) is 4.79 Å². The molecule has 4 nitrogen and oxygen atoms in total. The van der Waals surface area contributed by atoms with Crippen molar-refractivity contribution >= 4 is 40.8 Å². The monoisotopic (exact) mass is 371 g/mol. The van der Waals surface area contributed by atoms with Crippen LogP contribution in [0.3, 0.4) is 0 Å². The molecule has 1 aromatic heterocycles. The van der Waals surface area contributed by atoms with E-state index in [-0.39, 0.29) is 17.8 Å². The lowest BCUT2D eigenvalue weighted by molar-refractivity contribution is -0.128. The largest absolute Gasteiger partial charge is 0.338 e. The molecular weight excluding hydrogens is 353 g/mol. The SMILES string of the molecule is CCSc1nnc(SCC(=O)N(C)C(C)c2ccc(F)cc2)s1. The van der Waals surface area contributed by atoms with E-state index in [2.05, 4.69) is 17.1 Å². The number of thioether (sulfide) groups is 2. The van der Waals surface area contributed by atoms with Gasteiger partial charge in [-0.25, -0.2) is 4.39 Å². The predicted molar refractivity (Wildman–Crippen MR) is 94.6 cm³/mol. The van der Waals surface area contributed by atoms with Crippen molar-refractivity contribution in [1.82, 2.24) is 15.1 Å². The van der Waals surface area contributed by atoms with Gasteiger partial charge < -0.3 is 4.90 Å². The molecule has 2 aromatic rings. The predicted octanol–water partition coefficient (Wildman–Crippen LogP) is 4.10. The molecule has 0 aliphatic rings. The molecule has 0 saturated heterocycles. The summed E-state index contributed by atoms with van der Waals surface area (Å²) in [6.45, 7) is 3.99. The number of rotatable bonds is 7. The van der Waals surface area contributed by atoms with Crippen LogP contribution in [-0.4, -0.2) is 39.6 Å². The van der Waals surface area contributed by atoms with Crippen molar-refractivity contribution in [1.29, 1.82) is 0 Å². The zero-order valence-electron chi connectivity index (χ0n) is 13.2. The van der Waals surface area contributed by atoms with Gasteiger partial charge in [-0.15, -0.1) is 10.2 Å². The Kier molecular flexibility index (Phi) is 6.86. The molecule has 0 spiro atoms. The third-order valence-electron chi connectivity index (χ3n) is 3.30. The molecule has 0 fully saturated rings. The van der Waals surface area contributed by atoms with Gasteiger partial charge in [-0.2, -0.15) is 0 Å². The van der Waals surface area contributed by atoms with Crippen LogP contribution in [0.4, 0.5) is 4.39 Å². The number of hydrogen-bond donors (Lipinski definition) is 0. The third-order valence-corrected chi connectivity index (χ3v) is 6.36. The van der Waals surface area contributed by atoms with Crippen LogP contribution < -0.4 is 0 Å². The number of amides is 1. The Labute approximate surface area is 147 Å². The average Bonchev–Trinajstić information content (AvgIpc) is 3.00. The summed E-state index contributed by atoms with van der Waals surface area (Å²) in [5, 5.41) is 8.15. The number of aromatic nitrogens is 2. The second kappa shape index (κ2) is 8.65. The zero-order valence-corrected chi connectivity index (χ0v) is 15.6. The molecular formula is C15H18FN3OS3. The molecule has 2 rings (SSSR count). The first-order chi connectivity index (χ1) is 11.0. The lowest BCUT2D eigenvalue weighted by Crippen LogP contribution is -2.31. The van der Waals surface area contributed by atoms with Crippen LogP contribution in [0.5, 0.6) is 0 Å². The minimum absolute atomic E-state index is 0.00622. The second-order valence-electron chi connectivity index (χ2n) is 4.79. The van der Waals surface area contributed by atoms with Gasteiger partial charge in [0.15, 0.2) is 8.68 Å². The third kappa shape index (κ3) is 5.19. The second-order valence-corrected chi connectivity index (χ2v) is 8.50. The van der Waals surface area contributed by atoms with Gasteiger partial charge in [0.1, 0.15) is 5.82 Å². The lowest BCUT2D eigenvalue weighted by Gasteiger charge is -2.25. The highest BCUT2D eigenvalue weighted by Gasteiger charge is 2.18. The number of benzene rings is 1. The molecule has 0 bridgehead atoms. The summed E-state index contributed by atoms with van der Waals surface area (Å²) in [5.41, 5.74) is 0.907. The van der Waals surface area contributed by atoms with E-state index in [0.717, 1.165) is 20.0 Å². The molecule has 1 aromatic carbocycles. The standard InChI is InChI=1S/C15H18FN3OS3/c1-4-21-14-17-18-15(23-14)22-9-13(20)19(3)10(2)11-5-7-12(16)8-6-11/h5-8,10H,4,9H2,1-3H3. The first-order valence-corrected chi connectivity index (χ1v) is 9.90. The highest BCUT2D eigenvalue weighted by atomic mass is 32.2. The summed E-state index contributed by atoms with van der Waals surface area (Å²) in [6, 6.07) is 6.12. The highest BCUT2D eigenvalue weighted by molar-refractivity contribution is 8.03. The van der Waals surface area contributed by atoms with Crippen LogP contribution in [0.25, 0.3) is 0 Å². The van der Waals surface area contributed by atoms with Crippen LogP contribution in [0.2, 0.25) is 0 Å². The Balaban J connectivity index is 1.89. The van der Waals surface area contributed by atoms with E-state index in [0.29, 0.717) is 5.75 Å². The topological polar surface area (TPSA) is 46.1 Å². The van der Waals surface area contributed by atoms with Gasteiger partial charge in [-0.05, 0) is 30.4 Å². The molecule has 124 valence electrons. The average molecular weight is 372 g/mol.